The molecule has 0 bridgehead atoms. The Morgan fingerprint density at radius 1 is 1.30 bits per heavy atom. The highest BCUT2D eigenvalue weighted by Gasteiger charge is 2.19. The first-order valence-electron chi connectivity index (χ1n) is 3.70. The van der Waals surface area contributed by atoms with E-state index in [0.717, 1.165) is 25.7 Å². The number of hydrogen-bond acceptors (Lipinski definition) is 3. The summed E-state index contributed by atoms with van der Waals surface area (Å²) in [6.45, 7) is 0. The van der Waals surface area contributed by atoms with Crippen molar-refractivity contribution in [3.63, 3.8) is 0 Å². The van der Waals surface area contributed by atoms with Gasteiger partial charge in [0.15, 0.2) is 0 Å². The van der Waals surface area contributed by atoms with Crippen LogP contribution < -0.4 is 0 Å². The molecule has 0 aromatic heterocycles. The van der Waals surface area contributed by atoms with Crippen LogP contribution in [0.15, 0.2) is 0 Å². The summed E-state index contributed by atoms with van der Waals surface area (Å²) in [7, 11) is 0. The molecule has 1 saturated carbocycles. The quantitative estimate of drug-likeness (QED) is 0.625. The molecule has 1 rings (SSSR count). The zero-order valence-corrected chi connectivity index (χ0v) is 7.06. The van der Waals surface area contributed by atoms with Gasteiger partial charge in [-0.3, -0.25) is 0 Å². The maximum Gasteiger partial charge on any atom is 0.0724 e. The lowest BCUT2D eigenvalue weighted by Gasteiger charge is -2.23. The molecule has 2 nitrogen and oxygen atoms in total. The van der Waals surface area contributed by atoms with Crippen molar-refractivity contribution in [2.24, 2.45) is 0 Å². The second-order valence-corrected chi connectivity index (χ2v) is 3.22. The van der Waals surface area contributed by atoms with E-state index in [1.54, 1.807) is 0 Å². The van der Waals surface area contributed by atoms with Crippen LogP contribution >= 0.6 is 12.0 Å². The molecular formula is C7H14O2S. The number of aliphatic hydroxyl groups excluding tert-OH is 1. The summed E-state index contributed by atoms with van der Waals surface area (Å²) < 4.78 is 5.34. The van der Waals surface area contributed by atoms with Crippen LogP contribution in [-0.2, 0) is 4.18 Å². The highest BCUT2D eigenvalue weighted by molar-refractivity contribution is 7.93. The monoisotopic (exact) mass is 162 g/mol. The maximum atomic E-state index is 9.13. The largest absolute Gasteiger partial charge is 0.393 e. The van der Waals surface area contributed by atoms with E-state index in [1.165, 1.54) is 12.0 Å². The van der Waals surface area contributed by atoms with E-state index in [-0.39, 0.29) is 6.10 Å². The summed E-state index contributed by atoms with van der Waals surface area (Å²) in [5.74, 6) is 0. The lowest BCUT2D eigenvalue weighted by atomic mass is 9.95. The third-order valence-corrected chi connectivity index (χ3v) is 2.34. The molecule has 0 spiro atoms. The molecule has 0 aromatic carbocycles. The SMILES string of the molecule is CSOC1CCC(O)CC1. The van der Waals surface area contributed by atoms with E-state index in [9.17, 15) is 0 Å². The van der Waals surface area contributed by atoms with Gasteiger partial charge in [-0.05, 0) is 37.7 Å². The van der Waals surface area contributed by atoms with Gasteiger partial charge in [0.05, 0.1) is 12.2 Å². The average molecular weight is 162 g/mol. The van der Waals surface area contributed by atoms with Crippen LogP contribution in [0.1, 0.15) is 25.7 Å². The van der Waals surface area contributed by atoms with Crippen LogP contribution in [0.5, 0.6) is 0 Å². The van der Waals surface area contributed by atoms with Gasteiger partial charge in [-0.1, -0.05) is 0 Å². The Morgan fingerprint density at radius 3 is 2.40 bits per heavy atom. The van der Waals surface area contributed by atoms with E-state index in [4.69, 9.17) is 9.29 Å². The number of hydrogen-bond donors (Lipinski definition) is 1. The molecule has 0 unspecified atom stereocenters. The van der Waals surface area contributed by atoms with Gasteiger partial charge < -0.3 is 9.29 Å². The molecule has 1 fully saturated rings. The highest BCUT2D eigenvalue weighted by atomic mass is 32.2. The minimum Gasteiger partial charge on any atom is -0.393 e. The van der Waals surface area contributed by atoms with Gasteiger partial charge in [0.2, 0.25) is 0 Å². The molecular weight excluding hydrogens is 148 g/mol. The summed E-state index contributed by atoms with van der Waals surface area (Å²) in [5, 5.41) is 9.13. The second kappa shape index (κ2) is 4.21. The lowest BCUT2D eigenvalue weighted by molar-refractivity contribution is 0.0765. The van der Waals surface area contributed by atoms with Gasteiger partial charge in [-0.25, -0.2) is 0 Å². The van der Waals surface area contributed by atoms with Crippen molar-refractivity contribution < 1.29 is 9.29 Å². The van der Waals surface area contributed by atoms with Crippen molar-refractivity contribution in [2.45, 2.75) is 37.9 Å². The molecule has 1 aliphatic rings. The summed E-state index contributed by atoms with van der Waals surface area (Å²) in [4.78, 5) is 0. The van der Waals surface area contributed by atoms with Crippen LogP contribution in [-0.4, -0.2) is 23.6 Å². The molecule has 1 aliphatic carbocycles. The minimum atomic E-state index is -0.0679. The first-order valence-corrected chi connectivity index (χ1v) is 4.85. The van der Waals surface area contributed by atoms with Gasteiger partial charge in [0.25, 0.3) is 0 Å². The minimum absolute atomic E-state index is 0.0679. The van der Waals surface area contributed by atoms with Gasteiger partial charge >= 0.3 is 0 Å². The zero-order chi connectivity index (χ0) is 7.40. The topological polar surface area (TPSA) is 29.5 Å². The van der Waals surface area contributed by atoms with Crippen LogP contribution in [0.3, 0.4) is 0 Å². The van der Waals surface area contributed by atoms with Crippen LogP contribution in [0.25, 0.3) is 0 Å². The van der Waals surface area contributed by atoms with Gasteiger partial charge in [-0.15, -0.1) is 0 Å². The molecule has 0 amide bonds. The second-order valence-electron chi connectivity index (χ2n) is 2.69. The number of rotatable bonds is 2. The van der Waals surface area contributed by atoms with Crippen molar-refractivity contribution in [3.8, 4) is 0 Å². The summed E-state index contributed by atoms with van der Waals surface area (Å²) >= 11 is 1.43. The molecule has 10 heavy (non-hydrogen) atoms. The van der Waals surface area contributed by atoms with Crippen LogP contribution in [0.4, 0.5) is 0 Å². The maximum absolute atomic E-state index is 9.13. The first kappa shape index (κ1) is 8.37. The van der Waals surface area contributed by atoms with E-state index >= 15 is 0 Å². The van der Waals surface area contributed by atoms with Crippen molar-refractivity contribution in [3.05, 3.63) is 0 Å². The summed E-state index contributed by atoms with van der Waals surface area (Å²) in [5.41, 5.74) is 0. The third-order valence-electron chi connectivity index (χ3n) is 1.88. The van der Waals surface area contributed by atoms with Crippen molar-refractivity contribution in [1.82, 2.24) is 0 Å². The van der Waals surface area contributed by atoms with Gasteiger partial charge in [0, 0.05) is 6.26 Å². The van der Waals surface area contributed by atoms with E-state index < -0.39 is 0 Å². The van der Waals surface area contributed by atoms with Crippen molar-refractivity contribution >= 4 is 12.0 Å². The fraction of sp³-hybridized carbons (Fsp3) is 1.00. The predicted octanol–water partition coefficient (Wildman–Crippen LogP) is 1.58. The fourth-order valence-corrected chi connectivity index (χ4v) is 1.74. The Labute approximate surface area is 66.2 Å². The van der Waals surface area contributed by atoms with Crippen LogP contribution in [0, 0.1) is 0 Å². The standard InChI is InChI=1S/C7H14O2S/c1-10-9-7-4-2-6(8)3-5-7/h6-8H,2-5H2,1H3. The van der Waals surface area contributed by atoms with E-state index in [0.29, 0.717) is 6.10 Å². The molecule has 0 aliphatic heterocycles. The van der Waals surface area contributed by atoms with Crippen LogP contribution in [0.2, 0.25) is 0 Å². The smallest absolute Gasteiger partial charge is 0.0724 e. The fourth-order valence-electron chi connectivity index (χ4n) is 1.28. The first-order chi connectivity index (χ1) is 4.83. The van der Waals surface area contributed by atoms with E-state index in [2.05, 4.69) is 0 Å². The third kappa shape index (κ3) is 2.48. The molecule has 0 heterocycles. The Hall–Kier alpha value is 0.270. The molecule has 0 aromatic rings. The Balaban J connectivity index is 2.13. The highest BCUT2D eigenvalue weighted by Crippen LogP contribution is 2.23. The van der Waals surface area contributed by atoms with E-state index in [1.807, 2.05) is 6.26 Å². The molecule has 0 saturated heterocycles. The molecule has 60 valence electrons. The van der Waals surface area contributed by atoms with Crippen molar-refractivity contribution in [1.29, 1.82) is 0 Å². The predicted molar refractivity (Wildman–Crippen MR) is 42.9 cm³/mol. The Bertz CT molecular complexity index is 89.6. The molecule has 1 N–H and O–H groups in total. The molecule has 0 radical (unpaired) electrons. The van der Waals surface area contributed by atoms with Gasteiger partial charge in [0.1, 0.15) is 0 Å². The zero-order valence-electron chi connectivity index (χ0n) is 6.25. The summed E-state index contributed by atoms with van der Waals surface area (Å²) in [6.07, 6.45) is 6.10. The normalized spacial score (nSPS) is 34.2. The van der Waals surface area contributed by atoms with Crippen molar-refractivity contribution in [2.75, 3.05) is 6.26 Å². The molecule has 3 heteroatoms. The van der Waals surface area contributed by atoms with Gasteiger partial charge in [-0.2, -0.15) is 0 Å². The molecule has 0 atom stereocenters. The lowest BCUT2D eigenvalue weighted by Crippen LogP contribution is -2.22. The average Bonchev–Trinajstić information content (AvgIpc) is 1.95. The Morgan fingerprint density at radius 2 is 1.90 bits per heavy atom. The summed E-state index contributed by atoms with van der Waals surface area (Å²) in [6, 6.07) is 0. The number of aliphatic hydroxyl groups is 1. The Kier molecular flexibility index (Phi) is 3.52.